The number of benzene rings is 2. The standard InChI is InChI=1S/C28H28F8N2O3S.C2H6.CH2O2/c1-37-16-23-25(42(40,41)20-9-5-8-19(29)15-20,12-13-38(23)24(39)17-6-3-2-4-7-17)21-11-10-18(14-22(21)37)26(30,27(31,32)33)28(34,35)36;1-2;2-1-3/h5,8-11,14-15,17,23H,2-4,6-7,12-13,16H2,1H3;1-2H3;1H,(H,2,3). The first kappa shape index (κ1) is 38.0. The fourth-order valence-electron chi connectivity index (χ4n) is 6.84. The number of anilines is 1. The van der Waals surface area contributed by atoms with E-state index in [1.807, 2.05) is 13.8 Å². The molecule has 3 aliphatic rings. The van der Waals surface area contributed by atoms with Crippen LogP contribution in [-0.2, 0) is 29.8 Å². The third-order valence-corrected chi connectivity index (χ3v) is 11.5. The molecule has 0 spiro atoms. The molecule has 2 fully saturated rings. The molecule has 5 rings (SSSR count). The Balaban J connectivity index is 0.00000114. The van der Waals surface area contributed by atoms with Crippen LogP contribution in [0.3, 0.4) is 0 Å². The second kappa shape index (κ2) is 14.0. The molecule has 2 atom stereocenters. The number of carbonyl (C=O) groups is 2. The first-order chi connectivity index (χ1) is 21.9. The topological polar surface area (TPSA) is 95.0 Å². The normalized spacial score (nSPS) is 21.8. The predicted molar refractivity (Wildman–Crippen MR) is 157 cm³/mol. The molecule has 47 heavy (non-hydrogen) atoms. The molecule has 262 valence electrons. The maximum absolute atomic E-state index is 15.0. The fraction of sp³-hybridized carbons (Fsp3) is 0.548. The first-order valence-electron chi connectivity index (χ1n) is 15.0. The number of hydrogen-bond donors (Lipinski definition) is 1. The number of likely N-dealkylation sites (tertiary alicyclic amines) is 1. The molecule has 2 heterocycles. The summed E-state index contributed by atoms with van der Waals surface area (Å²) in [5, 5.41) is 6.89. The number of carboxylic acid groups (broad SMARTS) is 1. The maximum Gasteiger partial charge on any atom is 0.435 e. The summed E-state index contributed by atoms with van der Waals surface area (Å²) in [5.41, 5.74) is -8.01. The fourth-order valence-corrected chi connectivity index (χ4v) is 9.16. The summed E-state index contributed by atoms with van der Waals surface area (Å²) in [5.74, 6) is -1.51. The molecule has 0 aromatic heterocycles. The summed E-state index contributed by atoms with van der Waals surface area (Å²) < 4.78 is 138. The van der Waals surface area contributed by atoms with Crippen molar-refractivity contribution in [2.24, 2.45) is 5.92 Å². The van der Waals surface area contributed by atoms with Gasteiger partial charge in [-0.3, -0.25) is 9.59 Å². The number of alkyl halides is 7. The summed E-state index contributed by atoms with van der Waals surface area (Å²) in [6.45, 7) is 3.42. The number of hydrogen-bond acceptors (Lipinski definition) is 5. The van der Waals surface area contributed by atoms with Gasteiger partial charge in [-0.15, -0.1) is 0 Å². The molecule has 1 saturated carbocycles. The average molecular weight is 701 g/mol. The zero-order chi connectivity index (χ0) is 35.6. The van der Waals surface area contributed by atoms with Gasteiger partial charge in [0.1, 0.15) is 10.6 Å². The van der Waals surface area contributed by atoms with Crippen molar-refractivity contribution in [2.45, 2.75) is 86.1 Å². The number of amides is 1. The number of fused-ring (bicyclic) bond motifs is 3. The van der Waals surface area contributed by atoms with Crippen LogP contribution in [0.5, 0.6) is 0 Å². The molecule has 1 amide bonds. The van der Waals surface area contributed by atoms with Crippen molar-refractivity contribution in [2.75, 3.05) is 25.0 Å². The second-order valence-corrected chi connectivity index (χ2v) is 13.6. The first-order valence-corrected chi connectivity index (χ1v) is 16.4. The molecule has 2 unspecified atom stereocenters. The van der Waals surface area contributed by atoms with E-state index in [2.05, 4.69) is 0 Å². The number of nitrogens with zero attached hydrogens (tertiary/aromatic N) is 2. The number of likely N-dealkylation sites (N-methyl/N-ethyl adjacent to an activating group) is 1. The van der Waals surface area contributed by atoms with Crippen molar-refractivity contribution in [3.63, 3.8) is 0 Å². The van der Waals surface area contributed by atoms with Crippen LogP contribution in [0.1, 0.15) is 63.5 Å². The quantitative estimate of drug-likeness (QED) is 0.269. The van der Waals surface area contributed by atoms with E-state index >= 15 is 4.39 Å². The summed E-state index contributed by atoms with van der Waals surface area (Å²) in [6.07, 6.45) is -9.17. The van der Waals surface area contributed by atoms with Gasteiger partial charge in [0.05, 0.1) is 10.9 Å². The molecule has 1 N–H and O–H groups in total. The molecule has 1 aliphatic carbocycles. The van der Waals surface area contributed by atoms with Crippen molar-refractivity contribution in [3.8, 4) is 0 Å². The highest BCUT2D eigenvalue weighted by Crippen LogP contribution is 2.57. The number of carbonyl (C=O) groups excluding carboxylic acids is 1. The lowest BCUT2D eigenvalue weighted by molar-refractivity contribution is -0.348. The molecular formula is C31H36F8N2O5S. The molecular weight excluding hydrogens is 664 g/mol. The van der Waals surface area contributed by atoms with Crippen LogP contribution >= 0.6 is 0 Å². The van der Waals surface area contributed by atoms with Gasteiger partial charge in [0.25, 0.3) is 6.47 Å². The monoisotopic (exact) mass is 700 g/mol. The largest absolute Gasteiger partial charge is 0.483 e. The Morgan fingerprint density at radius 1 is 0.957 bits per heavy atom. The highest BCUT2D eigenvalue weighted by molar-refractivity contribution is 7.92. The molecule has 2 aliphatic heterocycles. The number of rotatable bonds is 4. The smallest absolute Gasteiger partial charge is 0.435 e. The molecule has 16 heteroatoms. The van der Waals surface area contributed by atoms with E-state index in [1.165, 1.54) is 16.8 Å². The minimum absolute atomic E-state index is 0.0538. The van der Waals surface area contributed by atoms with Crippen molar-refractivity contribution in [1.82, 2.24) is 4.90 Å². The third kappa shape index (κ3) is 6.41. The summed E-state index contributed by atoms with van der Waals surface area (Å²) in [6, 6.07) is 4.45. The van der Waals surface area contributed by atoms with E-state index in [1.54, 1.807) is 0 Å². The summed E-state index contributed by atoms with van der Waals surface area (Å²) in [7, 11) is -3.30. The van der Waals surface area contributed by atoms with Crippen LogP contribution < -0.4 is 4.90 Å². The Kier molecular flexibility index (Phi) is 11.3. The van der Waals surface area contributed by atoms with E-state index in [0.29, 0.717) is 25.0 Å². The lowest BCUT2D eigenvalue weighted by Crippen LogP contribution is -2.58. The Labute approximate surface area is 267 Å². The summed E-state index contributed by atoms with van der Waals surface area (Å²) >= 11 is 0. The van der Waals surface area contributed by atoms with E-state index in [0.717, 1.165) is 49.6 Å². The van der Waals surface area contributed by atoms with Crippen LogP contribution in [0.25, 0.3) is 0 Å². The minimum Gasteiger partial charge on any atom is -0.483 e. The Hall–Kier alpha value is -3.43. The van der Waals surface area contributed by atoms with Gasteiger partial charge in [0.2, 0.25) is 5.91 Å². The molecule has 7 nitrogen and oxygen atoms in total. The number of halogens is 8. The van der Waals surface area contributed by atoms with E-state index in [-0.39, 0.29) is 49.1 Å². The SMILES string of the molecule is CC.CN1CC2N(C(=O)C3CCCCC3)CCC2(S(=O)(=O)c2cccc(F)c2)c2ccc(C(F)(C(F)(F)F)C(F)(F)F)cc21.O=CO. The van der Waals surface area contributed by atoms with Crippen LogP contribution in [-0.4, -0.2) is 69.3 Å². The molecule has 0 bridgehead atoms. The van der Waals surface area contributed by atoms with Crippen LogP contribution in [0.2, 0.25) is 0 Å². The van der Waals surface area contributed by atoms with Gasteiger partial charge in [-0.1, -0.05) is 51.3 Å². The Bertz CT molecular complexity index is 1530. The Morgan fingerprint density at radius 2 is 1.53 bits per heavy atom. The van der Waals surface area contributed by atoms with Crippen LogP contribution in [0.4, 0.5) is 40.8 Å². The van der Waals surface area contributed by atoms with Gasteiger partial charge in [-0.25, -0.2) is 17.2 Å². The van der Waals surface area contributed by atoms with Crippen molar-refractivity contribution in [3.05, 3.63) is 59.4 Å². The van der Waals surface area contributed by atoms with Crippen molar-refractivity contribution >= 4 is 27.9 Å². The molecule has 2 aromatic carbocycles. The zero-order valence-electron chi connectivity index (χ0n) is 25.8. The predicted octanol–water partition coefficient (Wildman–Crippen LogP) is 7.14. The lowest BCUT2D eigenvalue weighted by atomic mass is 9.82. The van der Waals surface area contributed by atoms with Gasteiger partial charge in [0.15, 0.2) is 9.84 Å². The van der Waals surface area contributed by atoms with E-state index < -0.39 is 54.9 Å². The van der Waals surface area contributed by atoms with Crippen LogP contribution in [0, 0.1) is 11.7 Å². The highest BCUT2D eigenvalue weighted by Gasteiger charge is 2.74. The van der Waals surface area contributed by atoms with E-state index in [4.69, 9.17) is 9.90 Å². The van der Waals surface area contributed by atoms with Crippen LogP contribution in [0.15, 0.2) is 47.4 Å². The lowest BCUT2D eigenvalue weighted by Gasteiger charge is -2.47. The van der Waals surface area contributed by atoms with Gasteiger partial charge < -0.3 is 14.9 Å². The third-order valence-electron chi connectivity index (χ3n) is 8.95. The van der Waals surface area contributed by atoms with Crippen molar-refractivity contribution in [1.29, 1.82) is 0 Å². The van der Waals surface area contributed by atoms with Gasteiger partial charge in [0, 0.05) is 37.3 Å². The molecule has 1 saturated heterocycles. The van der Waals surface area contributed by atoms with Gasteiger partial charge >= 0.3 is 18.0 Å². The highest BCUT2D eigenvalue weighted by atomic mass is 32.2. The van der Waals surface area contributed by atoms with Crippen molar-refractivity contribution < 1.29 is 58.2 Å². The second-order valence-electron chi connectivity index (χ2n) is 11.4. The van der Waals surface area contributed by atoms with Gasteiger partial charge in [-0.05, 0) is 49.1 Å². The minimum atomic E-state index is -6.36. The molecule has 0 radical (unpaired) electrons. The summed E-state index contributed by atoms with van der Waals surface area (Å²) in [4.78, 5) is 24.3. The number of sulfone groups is 1. The Morgan fingerprint density at radius 3 is 2.06 bits per heavy atom. The van der Waals surface area contributed by atoms with E-state index in [9.17, 15) is 43.9 Å². The van der Waals surface area contributed by atoms with Gasteiger partial charge in [-0.2, -0.15) is 26.3 Å². The maximum atomic E-state index is 15.0. The molecule has 2 aromatic rings. The zero-order valence-corrected chi connectivity index (χ0v) is 26.7. The average Bonchev–Trinajstić information content (AvgIpc) is 3.42.